The molecule has 3 aromatic rings. The van der Waals surface area contributed by atoms with Gasteiger partial charge in [0.1, 0.15) is 17.7 Å². The van der Waals surface area contributed by atoms with Gasteiger partial charge in [-0.15, -0.1) is 5.10 Å². The van der Waals surface area contributed by atoms with Gasteiger partial charge in [0.15, 0.2) is 0 Å². The molecule has 0 unspecified atom stereocenters. The second kappa shape index (κ2) is 8.35. The van der Waals surface area contributed by atoms with Gasteiger partial charge in [-0.05, 0) is 46.7 Å². The number of hydrogen-bond donors (Lipinski definition) is 1. The number of amides is 1. The highest BCUT2D eigenvalue weighted by atomic mass is 19.1. The number of aryl methyl sites for hydroxylation is 1. The van der Waals surface area contributed by atoms with Gasteiger partial charge in [0.2, 0.25) is 11.8 Å². The van der Waals surface area contributed by atoms with Gasteiger partial charge >= 0.3 is 0 Å². The number of halogens is 1. The van der Waals surface area contributed by atoms with E-state index < -0.39 is 6.04 Å². The van der Waals surface area contributed by atoms with Gasteiger partial charge in [-0.25, -0.2) is 14.1 Å². The van der Waals surface area contributed by atoms with Crippen molar-refractivity contribution in [1.82, 2.24) is 30.5 Å². The molecule has 0 aliphatic heterocycles. The second-order valence-electron chi connectivity index (χ2n) is 5.94. The fourth-order valence-corrected chi connectivity index (χ4v) is 2.64. The maximum absolute atomic E-state index is 13.2. The Labute approximate surface area is 155 Å². The van der Waals surface area contributed by atoms with Crippen LogP contribution in [0.5, 0.6) is 5.88 Å². The SMILES string of the molecule is COc1cc(CNC(=O)[C@H](Cc2ccc(F)cc2)n2nnnc2C)ccn1. The monoisotopic (exact) mass is 370 g/mol. The van der Waals surface area contributed by atoms with Crippen molar-refractivity contribution in [2.45, 2.75) is 25.9 Å². The molecule has 2 aromatic heterocycles. The minimum absolute atomic E-state index is 0.245. The number of nitrogens with zero attached hydrogens (tertiary/aromatic N) is 5. The van der Waals surface area contributed by atoms with E-state index in [4.69, 9.17) is 4.74 Å². The Morgan fingerprint density at radius 2 is 2.04 bits per heavy atom. The van der Waals surface area contributed by atoms with Crippen LogP contribution >= 0.6 is 0 Å². The predicted molar refractivity (Wildman–Crippen MR) is 94.3 cm³/mol. The van der Waals surface area contributed by atoms with Gasteiger partial charge in [0.25, 0.3) is 0 Å². The molecule has 3 rings (SSSR count). The number of tetrazole rings is 1. The molecule has 27 heavy (non-hydrogen) atoms. The zero-order chi connectivity index (χ0) is 19.2. The molecule has 8 nitrogen and oxygen atoms in total. The number of carbonyl (C=O) groups excluding carboxylic acids is 1. The summed E-state index contributed by atoms with van der Waals surface area (Å²) in [7, 11) is 1.53. The summed E-state index contributed by atoms with van der Waals surface area (Å²) < 4.78 is 19.7. The Balaban J connectivity index is 1.76. The van der Waals surface area contributed by atoms with Crippen LogP contribution in [0.3, 0.4) is 0 Å². The lowest BCUT2D eigenvalue weighted by Crippen LogP contribution is -2.34. The number of pyridine rings is 1. The highest BCUT2D eigenvalue weighted by Gasteiger charge is 2.24. The lowest BCUT2D eigenvalue weighted by Gasteiger charge is -2.18. The fourth-order valence-electron chi connectivity index (χ4n) is 2.64. The molecule has 0 spiro atoms. The third-order valence-corrected chi connectivity index (χ3v) is 4.07. The molecule has 0 radical (unpaired) electrons. The van der Waals surface area contributed by atoms with E-state index in [-0.39, 0.29) is 11.7 Å². The second-order valence-corrected chi connectivity index (χ2v) is 5.94. The van der Waals surface area contributed by atoms with Gasteiger partial charge in [0, 0.05) is 25.2 Å². The molecule has 1 aromatic carbocycles. The number of rotatable bonds is 7. The Kier molecular flexibility index (Phi) is 5.70. The van der Waals surface area contributed by atoms with Crippen LogP contribution in [0.2, 0.25) is 0 Å². The predicted octanol–water partition coefficient (Wildman–Crippen LogP) is 1.62. The van der Waals surface area contributed by atoms with Crippen LogP contribution in [0.4, 0.5) is 4.39 Å². The average molecular weight is 370 g/mol. The Bertz CT molecular complexity index is 912. The first kappa shape index (κ1) is 18.4. The lowest BCUT2D eigenvalue weighted by atomic mass is 10.0. The molecule has 1 N–H and O–H groups in total. The van der Waals surface area contributed by atoms with E-state index in [1.807, 2.05) is 0 Å². The summed E-state index contributed by atoms with van der Waals surface area (Å²) in [5.41, 5.74) is 1.65. The molecule has 0 aliphatic rings. The Hall–Kier alpha value is -3.36. The molecular formula is C18H19FN6O2. The van der Waals surface area contributed by atoms with E-state index in [1.54, 1.807) is 37.4 Å². The third kappa shape index (κ3) is 4.63. The van der Waals surface area contributed by atoms with Crippen LogP contribution in [0.15, 0.2) is 42.6 Å². The van der Waals surface area contributed by atoms with Crippen molar-refractivity contribution < 1.29 is 13.9 Å². The minimum atomic E-state index is -0.658. The highest BCUT2D eigenvalue weighted by molar-refractivity contribution is 5.80. The van der Waals surface area contributed by atoms with Crippen LogP contribution in [0.1, 0.15) is 23.0 Å². The summed E-state index contributed by atoms with van der Waals surface area (Å²) in [6.45, 7) is 2.03. The molecule has 0 fully saturated rings. The van der Waals surface area contributed by atoms with Crippen LogP contribution in [0, 0.1) is 12.7 Å². The van der Waals surface area contributed by atoms with Crippen molar-refractivity contribution >= 4 is 5.91 Å². The van der Waals surface area contributed by atoms with Crippen molar-refractivity contribution in [2.24, 2.45) is 0 Å². The first-order chi connectivity index (χ1) is 13.1. The standard InChI is InChI=1S/C18H19FN6O2/c1-12-22-23-24-25(12)16(9-13-3-5-15(19)6-4-13)18(26)21-11-14-7-8-20-17(10-14)27-2/h3-8,10,16H,9,11H2,1-2H3,(H,21,26)/t16-/m0/s1. The molecule has 0 bridgehead atoms. The van der Waals surface area contributed by atoms with Crippen molar-refractivity contribution in [1.29, 1.82) is 0 Å². The van der Waals surface area contributed by atoms with E-state index in [9.17, 15) is 9.18 Å². The molecule has 0 saturated carbocycles. The van der Waals surface area contributed by atoms with Gasteiger partial charge in [-0.2, -0.15) is 0 Å². The van der Waals surface area contributed by atoms with E-state index in [1.165, 1.54) is 23.9 Å². The molecule has 2 heterocycles. The molecule has 1 amide bonds. The summed E-state index contributed by atoms with van der Waals surface area (Å²) in [5.74, 6) is 0.416. The molecule has 140 valence electrons. The van der Waals surface area contributed by atoms with Gasteiger partial charge in [-0.3, -0.25) is 4.79 Å². The number of nitrogens with one attached hydrogen (secondary N) is 1. The number of ether oxygens (including phenoxy) is 1. The molecule has 9 heteroatoms. The smallest absolute Gasteiger partial charge is 0.245 e. The first-order valence-corrected chi connectivity index (χ1v) is 8.32. The van der Waals surface area contributed by atoms with E-state index in [0.717, 1.165) is 11.1 Å². The quantitative estimate of drug-likeness (QED) is 0.679. The van der Waals surface area contributed by atoms with Crippen LogP contribution in [-0.4, -0.2) is 38.2 Å². The summed E-state index contributed by atoms with van der Waals surface area (Å²) in [5, 5.41) is 14.3. The Morgan fingerprint density at radius 3 is 2.70 bits per heavy atom. The number of methoxy groups -OCH3 is 1. The summed E-state index contributed by atoms with van der Waals surface area (Å²) in [4.78, 5) is 16.9. The van der Waals surface area contributed by atoms with Gasteiger partial charge in [0.05, 0.1) is 7.11 Å². The topological polar surface area (TPSA) is 94.8 Å². The van der Waals surface area contributed by atoms with Crippen LogP contribution in [-0.2, 0) is 17.8 Å². The summed E-state index contributed by atoms with van der Waals surface area (Å²) in [6.07, 6.45) is 1.94. The molecule has 0 saturated heterocycles. The van der Waals surface area contributed by atoms with E-state index in [2.05, 4.69) is 25.8 Å². The normalized spacial score (nSPS) is 11.8. The first-order valence-electron chi connectivity index (χ1n) is 8.32. The van der Waals surface area contributed by atoms with Crippen molar-refractivity contribution in [2.75, 3.05) is 7.11 Å². The molecule has 1 atom stereocenters. The highest BCUT2D eigenvalue weighted by Crippen LogP contribution is 2.16. The number of carbonyl (C=O) groups is 1. The van der Waals surface area contributed by atoms with Crippen molar-refractivity contribution in [3.8, 4) is 5.88 Å². The summed E-state index contributed by atoms with van der Waals surface area (Å²) in [6, 6.07) is 8.89. The number of aromatic nitrogens is 5. The van der Waals surface area contributed by atoms with Gasteiger partial charge < -0.3 is 10.1 Å². The average Bonchev–Trinajstić information content (AvgIpc) is 3.11. The van der Waals surface area contributed by atoms with Crippen molar-refractivity contribution in [3.05, 3.63) is 65.4 Å². The zero-order valence-corrected chi connectivity index (χ0v) is 15.0. The summed E-state index contributed by atoms with van der Waals surface area (Å²) >= 11 is 0. The Morgan fingerprint density at radius 1 is 1.26 bits per heavy atom. The minimum Gasteiger partial charge on any atom is -0.481 e. The van der Waals surface area contributed by atoms with E-state index >= 15 is 0 Å². The van der Waals surface area contributed by atoms with E-state index in [0.29, 0.717) is 24.7 Å². The van der Waals surface area contributed by atoms with Crippen LogP contribution < -0.4 is 10.1 Å². The largest absolute Gasteiger partial charge is 0.481 e. The fraction of sp³-hybridized carbons (Fsp3) is 0.278. The zero-order valence-electron chi connectivity index (χ0n) is 15.0. The number of hydrogen-bond acceptors (Lipinski definition) is 6. The number of benzene rings is 1. The third-order valence-electron chi connectivity index (χ3n) is 4.07. The lowest BCUT2D eigenvalue weighted by molar-refractivity contribution is -0.124. The molecule has 0 aliphatic carbocycles. The molecular weight excluding hydrogens is 351 g/mol. The maximum atomic E-state index is 13.2. The van der Waals surface area contributed by atoms with Crippen LogP contribution in [0.25, 0.3) is 0 Å². The van der Waals surface area contributed by atoms with Gasteiger partial charge in [-0.1, -0.05) is 12.1 Å². The maximum Gasteiger partial charge on any atom is 0.245 e. The van der Waals surface area contributed by atoms with Crippen molar-refractivity contribution in [3.63, 3.8) is 0 Å².